The van der Waals surface area contributed by atoms with Crippen molar-refractivity contribution >= 4 is 40.5 Å². The molecule has 0 spiro atoms. The topological polar surface area (TPSA) is 81.5 Å². The second-order valence-electron chi connectivity index (χ2n) is 7.96. The molecule has 1 N–H and O–H groups in total. The molecule has 1 heterocycles. The summed E-state index contributed by atoms with van der Waals surface area (Å²) >= 11 is 5.84. The van der Waals surface area contributed by atoms with Gasteiger partial charge in [0.05, 0.1) is 12.0 Å². The maximum Gasteiger partial charge on any atom is 0.311 e. The van der Waals surface area contributed by atoms with Crippen molar-refractivity contribution in [1.29, 1.82) is 0 Å². The van der Waals surface area contributed by atoms with Gasteiger partial charge in [0.15, 0.2) is 0 Å². The highest BCUT2D eigenvalue weighted by Crippen LogP contribution is 2.41. The van der Waals surface area contributed by atoms with Crippen molar-refractivity contribution in [3.8, 4) is 5.75 Å². The summed E-state index contributed by atoms with van der Waals surface area (Å²) in [5, 5.41) is 14.5. The van der Waals surface area contributed by atoms with Gasteiger partial charge in [0, 0.05) is 34.3 Å². The number of anilines is 1. The maximum absolute atomic E-state index is 12.6. The van der Waals surface area contributed by atoms with E-state index in [1.54, 1.807) is 6.08 Å². The smallest absolute Gasteiger partial charge is 0.311 e. The van der Waals surface area contributed by atoms with Crippen molar-refractivity contribution in [2.75, 3.05) is 18.3 Å². The van der Waals surface area contributed by atoms with Crippen LogP contribution in [-0.2, 0) is 16.6 Å². The number of amides is 1. The summed E-state index contributed by atoms with van der Waals surface area (Å²) in [6.45, 7) is 5.88. The molecule has 0 radical (unpaired) electrons. The minimum atomic E-state index is -0.461. The number of hydrogen-bond donors (Lipinski definition) is 1. The van der Waals surface area contributed by atoms with E-state index < -0.39 is 4.92 Å². The van der Waals surface area contributed by atoms with Crippen LogP contribution in [0.2, 0.25) is 0 Å². The fourth-order valence-corrected chi connectivity index (χ4v) is 3.65. The van der Waals surface area contributed by atoms with Crippen LogP contribution in [0.5, 0.6) is 5.75 Å². The summed E-state index contributed by atoms with van der Waals surface area (Å²) in [5.41, 5.74) is 3.76. The lowest BCUT2D eigenvalue weighted by atomic mass is 9.84. The number of rotatable bonds is 5. The molecule has 2 aromatic rings. The number of ether oxygens (including phenoxy) is 1. The third-order valence-electron chi connectivity index (χ3n) is 4.86. The van der Waals surface area contributed by atoms with Crippen molar-refractivity contribution in [3.05, 3.63) is 62.7 Å². The molecule has 29 heavy (non-hydrogen) atoms. The van der Waals surface area contributed by atoms with Crippen molar-refractivity contribution < 1.29 is 14.5 Å². The van der Waals surface area contributed by atoms with Crippen molar-refractivity contribution in [1.82, 2.24) is 0 Å². The first kappa shape index (κ1) is 20.9. The van der Waals surface area contributed by atoms with Crippen molar-refractivity contribution in [2.45, 2.75) is 32.6 Å². The molecule has 1 aliphatic heterocycles. The molecule has 0 unspecified atom stereocenters. The fraction of sp³-hybridized carbons (Fsp3) is 0.318. The standard InChI is InChI=1S/C22H23ClN2O4/c1-22(2,3)17-11-14(12-19(25(27)28)20(17)29-4)10-16-15-9-13(7-8-23)5-6-18(15)24-21(16)26/h5-6,9-12H,7-8H2,1-4H3,(H,24,26). The Morgan fingerprint density at radius 1 is 1.24 bits per heavy atom. The fourth-order valence-electron chi connectivity index (χ4n) is 3.44. The number of alkyl halides is 1. The molecule has 6 nitrogen and oxygen atoms in total. The zero-order chi connectivity index (χ0) is 21.3. The van der Waals surface area contributed by atoms with E-state index in [4.69, 9.17) is 16.3 Å². The quantitative estimate of drug-likeness (QED) is 0.316. The van der Waals surface area contributed by atoms with E-state index in [0.29, 0.717) is 29.0 Å². The largest absolute Gasteiger partial charge is 0.490 e. The Kier molecular flexibility index (Phi) is 5.66. The predicted octanol–water partition coefficient (Wildman–Crippen LogP) is 5.17. The van der Waals surface area contributed by atoms with E-state index in [0.717, 1.165) is 16.8 Å². The molecule has 3 rings (SSSR count). The first-order valence-corrected chi connectivity index (χ1v) is 9.78. The predicted molar refractivity (Wildman–Crippen MR) is 116 cm³/mol. The number of nitrogens with zero attached hydrogens (tertiary/aromatic N) is 1. The molecule has 1 aliphatic rings. The number of nitro groups is 1. The van der Waals surface area contributed by atoms with Gasteiger partial charge in [0.1, 0.15) is 0 Å². The summed E-state index contributed by atoms with van der Waals surface area (Å²) in [5.74, 6) is 0.489. The maximum atomic E-state index is 12.6. The minimum Gasteiger partial charge on any atom is -0.490 e. The zero-order valence-corrected chi connectivity index (χ0v) is 17.6. The van der Waals surface area contributed by atoms with Gasteiger partial charge in [-0.2, -0.15) is 0 Å². The second-order valence-corrected chi connectivity index (χ2v) is 8.34. The molecule has 0 fully saturated rings. The number of fused-ring (bicyclic) bond motifs is 1. The van der Waals surface area contributed by atoms with Crippen LogP contribution >= 0.6 is 11.6 Å². The Balaban J connectivity index is 2.19. The lowest BCUT2D eigenvalue weighted by molar-refractivity contribution is -0.385. The molecule has 0 aromatic heterocycles. The summed E-state index contributed by atoms with van der Waals surface area (Å²) in [4.78, 5) is 23.7. The van der Waals surface area contributed by atoms with Gasteiger partial charge in [0.2, 0.25) is 5.75 Å². The molecular weight excluding hydrogens is 392 g/mol. The van der Waals surface area contributed by atoms with Crippen LogP contribution in [0.25, 0.3) is 11.6 Å². The molecule has 0 saturated carbocycles. The SMILES string of the molecule is COc1c([N+](=O)[O-])cc(C=C2C(=O)Nc3ccc(CCCl)cc32)cc1C(C)(C)C. The number of nitro benzene ring substituents is 1. The zero-order valence-electron chi connectivity index (χ0n) is 16.8. The van der Waals surface area contributed by atoms with Gasteiger partial charge in [0.25, 0.3) is 5.91 Å². The van der Waals surface area contributed by atoms with Gasteiger partial charge in [-0.15, -0.1) is 11.6 Å². The monoisotopic (exact) mass is 414 g/mol. The Hall–Kier alpha value is -2.86. The molecule has 1 amide bonds. The van der Waals surface area contributed by atoms with Gasteiger partial charge >= 0.3 is 5.69 Å². The minimum absolute atomic E-state index is 0.124. The van der Waals surface area contributed by atoms with Gasteiger partial charge < -0.3 is 10.1 Å². The highest BCUT2D eigenvalue weighted by atomic mass is 35.5. The van der Waals surface area contributed by atoms with Crippen LogP contribution in [0, 0.1) is 10.1 Å². The summed E-state index contributed by atoms with van der Waals surface area (Å²) in [6, 6.07) is 9.00. The third kappa shape index (κ3) is 4.12. The number of benzene rings is 2. The van der Waals surface area contributed by atoms with Crippen LogP contribution in [-0.4, -0.2) is 23.8 Å². The first-order valence-electron chi connectivity index (χ1n) is 9.25. The van der Waals surface area contributed by atoms with Crippen molar-refractivity contribution in [3.63, 3.8) is 0 Å². The van der Waals surface area contributed by atoms with E-state index in [-0.39, 0.29) is 22.8 Å². The summed E-state index contributed by atoms with van der Waals surface area (Å²) in [6.07, 6.45) is 2.38. The van der Waals surface area contributed by atoms with Gasteiger partial charge in [-0.3, -0.25) is 14.9 Å². The molecule has 2 aromatic carbocycles. The number of halogens is 1. The van der Waals surface area contributed by atoms with Gasteiger partial charge in [-0.1, -0.05) is 26.8 Å². The van der Waals surface area contributed by atoms with Crippen LogP contribution < -0.4 is 10.1 Å². The van der Waals surface area contributed by atoms with Crippen LogP contribution in [0.3, 0.4) is 0 Å². The van der Waals surface area contributed by atoms with E-state index >= 15 is 0 Å². The van der Waals surface area contributed by atoms with E-state index in [9.17, 15) is 14.9 Å². The molecule has 0 aliphatic carbocycles. The lowest BCUT2D eigenvalue weighted by Gasteiger charge is -2.22. The highest BCUT2D eigenvalue weighted by molar-refractivity contribution is 6.35. The number of hydrogen-bond acceptors (Lipinski definition) is 4. The highest BCUT2D eigenvalue weighted by Gasteiger charge is 2.29. The molecule has 0 atom stereocenters. The number of aryl methyl sites for hydroxylation is 1. The summed E-state index contributed by atoms with van der Waals surface area (Å²) < 4.78 is 5.36. The Labute approximate surface area is 174 Å². The van der Waals surface area contributed by atoms with E-state index in [1.165, 1.54) is 13.2 Å². The van der Waals surface area contributed by atoms with Gasteiger partial charge in [-0.05, 0) is 47.2 Å². The van der Waals surface area contributed by atoms with E-state index in [1.807, 2.05) is 45.0 Å². The summed E-state index contributed by atoms with van der Waals surface area (Å²) in [7, 11) is 1.43. The Morgan fingerprint density at radius 3 is 2.55 bits per heavy atom. The molecule has 152 valence electrons. The molecule has 7 heteroatoms. The number of carbonyl (C=O) groups excluding carboxylic acids is 1. The average Bonchev–Trinajstić information content (AvgIpc) is 2.95. The average molecular weight is 415 g/mol. The first-order chi connectivity index (χ1) is 13.7. The lowest BCUT2D eigenvalue weighted by Crippen LogP contribution is -2.14. The Bertz CT molecular complexity index is 1020. The van der Waals surface area contributed by atoms with Gasteiger partial charge in [-0.25, -0.2) is 0 Å². The second kappa shape index (κ2) is 7.87. The molecule has 0 bridgehead atoms. The Morgan fingerprint density at radius 2 is 1.97 bits per heavy atom. The molecule has 0 saturated heterocycles. The van der Waals surface area contributed by atoms with E-state index in [2.05, 4.69) is 5.32 Å². The number of carbonyl (C=O) groups is 1. The normalized spacial score (nSPS) is 14.7. The van der Waals surface area contributed by atoms with Crippen LogP contribution in [0.4, 0.5) is 11.4 Å². The van der Waals surface area contributed by atoms with Crippen LogP contribution in [0.15, 0.2) is 30.3 Å². The van der Waals surface area contributed by atoms with Crippen molar-refractivity contribution in [2.24, 2.45) is 0 Å². The van der Waals surface area contributed by atoms with Crippen LogP contribution in [0.1, 0.15) is 43.0 Å². The third-order valence-corrected chi connectivity index (χ3v) is 5.05. The number of methoxy groups -OCH3 is 1. The number of nitrogens with one attached hydrogen (secondary N) is 1. The molecular formula is C22H23ClN2O4.